The van der Waals surface area contributed by atoms with Crippen molar-refractivity contribution in [3.05, 3.63) is 29.3 Å². The molecule has 4 rings (SSSR count). The second kappa shape index (κ2) is 7.17. The summed E-state index contributed by atoms with van der Waals surface area (Å²) in [5.74, 6) is 0.649. The maximum Gasteiger partial charge on any atom is 0.248 e. The van der Waals surface area contributed by atoms with Gasteiger partial charge in [0.2, 0.25) is 11.8 Å². The molecule has 0 bridgehead atoms. The molecule has 1 aromatic rings. The maximum absolute atomic E-state index is 13.7. The number of hydrogen-bond acceptors (Lipinski definition) is 3. The van der Waals surface area contributed by atoms with Gasteiger partial charge in [0.15, 0.2) is 0 Å². The van der Waals surface area contributed by atoms with E-state index in [-0.39, 0.29) is 23.8 Å². The zero-order valence-electron chi connectivity index (χ0n) is 16.5. The topological polar surface area (TPSA) is 61.4 Å². The average molecular weight is 370 g/mol. The van der Waals surface area contributed by atoms with Crippen molar-refractivity contribution < 1.29 is 9.59 Å². The number of rotatable bonds is 3. The molecular weight excluding hydrogens is 338 g/mol. The Hall–Kier alpha value is -2.04. The van der Waals surface area contributed by atoms with Crippen LogP contribution < -0.4 is 10.6 Å². The van der Waals surface area contributed by atoms with Gasteiger partial charge in [0.25, 0.3) is 0 Å². The third-order valence-corrected chi connectivity index (χ3v) is 6.82. The molecule has 146 valence electrons. The molecule has 5 heteroatoms. The number of carbonyl (C=O) groups is 2. The van der Waals surface area contributed by atoms with Crippen LogP contribution in [0, 0.1) is 19.8 Å². The SMILES string of the molecule is Cc1ccc(NC2(C(=O)N3CC[C@@H]4NC(=O)C[C@@H]4C3)CCCCC2)cc1C. The molecule has 5 nitrogen and oxygen atoms in total. The molecule has 27 heavy (non-hydrogen) atoms. The van der Waals surface area contributed by atoms with E-state index >= 15 is 0 Å². The zero-order chi connectivity index (χ0) is 19.0. The van der Waals surface area contributed by atoms with Crippen LogP contribution in [0.15, 0.2) is 18.2 Å². The Morgan fingerprint density at radius 3 is 2.70 bits per heavy atom. The molecule has 2 atom stereocenters. The van der Waals surface area contributed by atoms with E-state index in [0.29, 0.717) is 13.0 Å². The lowest BCUT2D eigenvalue weighted by atomic mass is 9.79. The second-order valence-corrected chi connectivity index (χ2v) is 8.74. The van der Waals surface area contributed by atoms with E-state index in [1.807, 2.05) is 4.90 Å². The van der Waals surface area contributed by atoms with E-state index in [9.17, 15) is 9.59 Å². The minimum Gasteiger partial charge on any atom is -0.371 e. The summed E-state index contributed by atoms with van der Waals surface area (Å²) < 4.78 is 0. The van der Waals surface area contributed by atoms with Gasteiger partial charge in [-0.15, -0.1) is 0 Å². The highest BCUT2D eigenvalue weighted by Crippen LogP contribution is 2.36. The van der Waals surface area contributed by atoms with Gasteiger partial charge in [-0.2, -0.15) is 0 Å². The summed E-state index contributed by atoms with van der Waals surface area (Å²) >= 11 is 0. The molecule has 3 fully saturated rings. The van der Waals surface area contributed by atoms with Crippen molar-refractivity contribution in [3.63, 3.8) is 0 Å². The number of nitrogens with zero attached hydrogens (tertiary/aromatic N) is 1. The first-order chi connectivity index (χ1) is 13.0. The van der Waals surface area contributed by atoms with Crippen LogP contribution in [0.3, 0.4) is 0 Å². The lowest BCUT2D eigenvalue weighted by Gasteiger charge is -2.44. The molecule has 0 aromatic heterocycles. The molecule has 3 aliphatic rings. The summed E-state index contributed by atoms with van der Waals surface area (Å²) in [6.45, 7) is 5.68. The van der Waals surface area contributed by atoms with Gasteiger partial charge < -0.3 is 15.5 Å². The molecule has 1 aliphatic carbocycles. The Morgan fingerprint density at radius 1 is 1.19 bits per heavy atom. The zero-order valence-corrected chi connectivity index (χ0v) is 16.5. The fourth-order valence-corrected chi connectivity index (χ4v) is 5.06. The average Bonchev–Trinajstić information content (AvgIpc) is 3.04. The molecule has 1 aromatic carbocycles. The van der Waals surface area contributed by atoms with Crippen molar-refractivity contribution in [2.75, 3.05) is 18.4 Å². The van der Waals surface area contributed by atoms with Gasteiger partial charge in [-0.05, 0) is 56.4 Å². The first-order valence-corrected chi connectivity index (χ1v) is 10.4. The van der Waals surface area contributed by atoms with Crippen LogP contribution in [0.25, 0.3) is 0 Å². The predicted molar refractivity (Wildman–Crippen MR) is 107 cm³/mol. The highest BCUT2D eigenvalue weighted by molar-refractivity contribution is 5.90. The number of likely N-dealkylation sites (tertiary alicyclic amines) is 1. The van der Waals surface area contributed by atoms with Crippen LogP contribution in [-0.4, -0.2) is 41.4 Å². The molecule has 2 aliphatic heterocycles. The smallest absolute Gasteiger partial charge is 0.248 e. The third-order valence-electron chi connectivity index (χ3n) is 6.82. The fraction of sp³-hybridized carbons (Fsp3) is 0.636. The number of hydrogen-bond donors (Lipinski definition) is 2. The molecule has 2 amide bonds. The van der Waals surface area contributed by atoms with E-state index < -0.39 is 5.54 Å². The van der Waals surface area contributed by atoms with Crippen LogP contribution in [-0.2, 0) is 9.59 Å². The first kappa shape index (κ1) is 18.3. The minimum atomic E-state index is -0.497. The summed E-state index contributed by atoms with van der Waals surface area (Å²) in [6.07, 6.45) is 6.59. The van der Waals surface area contributed by atoms with E-state index in [4.69, 9.17) is 0 Å². The summed E-state index contributed by atoms with van der Waals surface area (Å²) in [4.78, 5) is 27.4. The number of piperidine rings is 1. The Kier molecular flexibility index (Phi) is 4.87. The Bertz CT molecular complexity index is 739. The van der Waals surface area contributed by atoms with Crippen LogP contribution >= 0.6 is 0 Å². The van der Waals surface area contributed by atoms with Gasteiger partial charge >= 0.3 is 0 Å². The molecule has 0 radical (unpaired) electrons. The van der Waals surface area contributed by atoms with E-state index in [2.05, 4.69) is 42.7 Å². The summed E-state index contributed by atoms with van der Waals surface area (Å²) in [7, 11) is 0. The van der Waals surface area contributed by atoms with E-state index in [1.54, 1.807) is 0 Å². The molecule has 0 spiro atoms. The quantitative estimate of drug-likeness (QED) is 0.860. The van der Waals surface area contributed by atoms with Crippen LogP contribution in [0.1, 0.15) is 56.1 Å². The standard InChI is InChI=1S/C22H31N3O2/c1-15-6-7-18(12-16(15)2)24-22(9-4-3-5-10-22)21(27)25-11-8-19-17(14-25)13-20(26)23-19/h6-7,12,17,19,24H,3-5,8-11,13-14H2,1-2H3,(H,23,26)/t17-,19+/m1/s1. The summed E-state index contributed by atoms with van der Waals surface area (Å²) in [5, 5.41) is 6.72. The van der Waals surface area contributed by atoms with Gasteiger partial charge in [-0.1, -0.05) is 25.3 Å². The Morgan fingerprint density at radius 2 is 1.96 bits per heavy atom. The van der Waals surface area contributed by atoms with Crippen molar-refractivity contribution in [1.29, 1.82) is 0 Å². The van der Waals surface area contributed by atoms with Crippen molar-refractivity contribution >= 4 is 17.5 Å². The number of benzene rings is 1. The summed E-state index contributed by atoms with van der Waals surface area (Å²) in [5.41, 5.74) is 3.06. The lowest BCUT2D eigenvalue weighted by molar-refractivity contribution is -0.139. The molecule has 2 heterocycles. The monoisotopic (exact) mass is 369 g/mol. The number of aryl methyl sites for hydroxylation is 2. The highest BCUT2D eigenvalue weighted by Gasteiger charge is 2.45. The predicted octanol–water partition coefficient (Wildman–Crippen LogP) is 3.16. The number of fused-ring (bicyclic) bond motifs is 1. The van der Waals surface area contributed by atoms with Crippen LogP contribution in [0.4, 0.5) is 5.69 Å². The van der Waals surface area contributed by atoms with Gasteiger partial charge in [-0.3, -0.25) is 9.59 Å². The minimum absolute atomic E-state index is 0.139. The maximum atomic E-state index is 13.7. The Labute approximate surface area is 161 Å². The van der Waals surface area contributed by atoms with E-state index in [0.717, 1.165) is 44.3 Å². The molecule has 2 saturated heterocycles. The van der Waals surface area contributed by atoms with Crippen molar-refractivity contribution in [1.82, 2.24) is 10.2 Å². The van der Waals surface area contributed by atoms with Crippen molar-refractivity contribution in [2.24, 2.45) is 5.92 Å². The van der Waals surface area contributed by atoms with Gasteiger partial charge in [0.05, 0.1) is 0 Å². The Balaban J connectivity index is 1.54. The third kappa shape index (κ3) is 3.56. The normalized spacial score (nSPS) is 27.0. The van der Waals surface area contributed by atoms with Gasteiger partial charge in [-0.25, -0.2) is 0 Å². The first-order valence-electron chi connectivity index (χ1n) is 10.4. The number of carbonyl (C=O) groups excluding carboxylic acids is 2. The van der Waals surface area contributed by atoms with Gasteiger partial charge in [0, 0.05) is 37.2 Å². The molecular formula is C22H31N3O2. The molecule has 2 N–H and O–H groups in total. The second-order valence-electron chi connectivity index (χ2n) is 8.74. The van der Waals surface area contributed by atoms with Crippen LogP contribution in [0.5, 0.6) is 0 Å². The lowest BCUT2D eigenvalue weighted by Crippen LogP contribution is -2.58. The number of amides is 2. The van der Waals surface area contributed by atoms with E-state index in [1.165, 1.54) is 17.5 Å². The number of anilines is 1. The van der Waals surface area contributed by atoms with Crippen molar-refractivity contribution in [2.45, 2.75) is 70.4 Å². The fourth-order valence-electron chi connectivity index (χ4n) is 5.06. The largest absolute Gasteiger partial charge is 0.371 e. The van der Waals surface area contributed by atoms with Gasteiger partial charge in [0.1, 0.15) is 5.54 Å². The number of nitrogens with one attached hydrogen (secondary N) is 2. The molecule has 0 unspecified atom stereocenters. The highest BCUT2D eigenvalue weighted by atomic mass is 16.2. The summed E-state index contributed by atoms with van der Waals surface area (Å²) in [6, 6.07) is 6.64. The van der Waals surface area contributed by atoms with Crippen LogP contribution in [0.2, 0.25) is 0 Å². The van der Waals surface area contributed by atoms with Crippen molar-refractivity contribution in [3.8, 4) is 0 Å². The molecule has 1 saturated carbocycles.